The van der Waals surface area contributed by atoms with Crippen LogP contribution in [0.15, 0.2) is 0 Å². The van der Waals surface area contributed by atoms with Gasteiger partial charge in [0.25, 0.3) is 0 Å². The lowest BCUT2D eigenvalue weighted by molar-refractivity contribution is -0.188. The van der Waals surface area contributed by atoms with Crippen LogP contribution in [0.4, 0.5) is 0 Å². The number of thioether (sulfide) groups is 1. The molecule has 0 N–H and O–H groups in total. The number of rotatable bonds is 1. The van der Waals surface area contributed by atoms with E-state index in [1.165, 1.54) is 12.2 Å². The number of hydrogen-bond acceptors (Lipinski definition) is 4. The second-order valence-corrected chi connectivity index (χ2v) is 6.50. The molecule has 102 valence electrons. The average Bonchev–Trinajstić information content (AvgIpc) is 2.88. The number of amides is 1. The molecular weight excluding hydrogens is 250 g/mol. The molecule has 3 aliphatic rings. The maximum absolute atomic E-state index is 12.4. The summed E-state index contributed by atoms with van der Waals surface area (Å²) in [7, 11) is 0. The van der Waals surface area contributed by atoms with Crippen LogP contribution < -0.4 is 0 Å². The standard InChI is InChI=1S/C13H21NO3S/c15-12(11-2-1-9-18-10-11)14-5-3-13(4-6-14)16-7-8-17-13/h11H,1-10H2. The summed E-state index contributed by atoms with van der Waals surface area (Å²) >= 11 is 1.92. The SMILES string of the molecule is O=C(C1CCCSC1)N1CCC2(CC1)OCCO2. The molecular formula is C13H21NO3S. The van der Waals surface area contributed by atoms with Gasteiger partial charge in [0, 0.05) is 37.6 Å². The number of hydrogen-bond donors (Lipinski definition) is 0. The Morgan fingerprint density at radius 3 is 2.56 bits per heavy atom. The molecule has 0 saturated carbocycles. The second-order valence-electron chi connectivity index (χ2n) is 5.35. The molecule has 0 bridgehead atoms. The number of piperidine rings is 1. The topological polar surface area (TPSA) is 38.8 Å². The van der Waals surface area contributed by atoms with Gasteiger partial charge < -0.3 is 14.4 Å². The molecule has 0 aromatic carbocycles. The minimum absolute atomic E-state index is 0.253. The van der Waals surface area contributed by atoms with Gasteiger partial charge in [-0.1, -0.05) is 0 Å². The molecule has 3 rings (SSSR count). The number of carbonyl (C=O) groups is 1. The number of likely N-dealkylation sites (tertiary alicyclic amines) is 1. The van der Waals surface area contributed by atoms with Gasteiger partial charge in [-0.3, -0.25) is 4.79 Å². The van der Waals surface area contributed by atoms with Crippen molar-refractivity contribution < 1.29 is 14.3 Å². The van der Waals surface area contributed by atoms with Crippen molar-refractivity contribution in [3.05, 3.63) is 0 Å². The van der Waals surface area contributed by atoms with Crippen LogP contribution in [0.1, 0.15) is 25.7 Å². The minimum atomic E-state index is -0.363. The van der Waals surface area contributed by atoms with E-state index in [2.05, 4.69) is 0 Å². The van der Waals surface area contributed by atoms with E-state index >= 15 is 0 Å². The Morgan fingerprint density at radius 2 is 1.94 bits per heavy atom. The number of carbonyl (C=O) groups excluding carboxylic acids is 1. The Kier molecular flexibility index (Phi) is 3.82. The van der Waals surface area contributed by atoms with Gasteiger partial charge in [-0.05, 0) is 18.6 Å². The summed E-state index contributed by atoms with van der Waals surface area (Å²) < 4.78 is 11.4. The lowest BCUT2D eigenvalue weighted by Gasteiger charge is -2.39. The molecule has 1 unspecified atom stereocenters. The Balaban J connectivity index is 1.53. The van der Waals surface area contributed by atoms with E-state index < -0.39 is 0 Å². The zero-order chi connectivity index (χ0) is 12.4. The first-order valence-electron chi connectivity index (χ1n) is 6.94. The molecule has 0 aliphatic carbocycles. The molecule has 3 aliphatic heterocycles. The third kappa shape index (κ3) is 2.53. The molecule has 0 radical (unpaired) electrons. The van der Waals surface area contributed by atoms with Crippen molar-refractivity contribution >= 4 is 17.7 Å². The van der Waals surface area contributed by atoms with Gasteiger partial charge >= 0.3 is 0 Å². The molecule has 1 spiro atoms. The molecule has 0 aromatic rings. The van der Waals surface area contributed by atoms with Crippen LogP contribution in [0.25, 0.3) is 0 Å². The van der Waals surface area contributed by atoms with E-state index in [4.69, 9.17) is 9.47 Å². The Morgan fingerprint density at radius 1 is 1.22 bits per heavy atom. The normalized spacial score (nSPS) is 31.8. The summed E-state index contributed by atoms with van der Waals surface area (Å²) in [6, 6.07) is 0. The Bertz CT molecular complexity index is 301. The zero-order valence-electron chi connectivity index (χ0n) is 10.7. The molecule has 3 heterocycles. The fourth-order valence-electron chi connectivity index (χ4n) is 3.05. The Hall–Kier alpha value is -0.260. The summed E-state index contributed by atoms with van der Waals surface area (Å²) in [5.74, 6) is 2.47. The highest BCUT2D eigenvalue weighted by atomic mass is 32.2. The molecule has 18 heavy (non-hydrogen) atoms. The van der Waals surface area contributed by atoms with Crippen LogP contribution in [0.5, 0.6) is 0 Å². The first-order valence-corrected chi connectivity index (χ1v) is 8.09. The van der Waals surface area contributed by atoms with Crippen molar-refractivity contribution in [2.75, 3.05) is 37.8 Å². The predicted octanol–water partition coefficient (Wildman–Crippen LogP) is 1.50. The molecule has 4 nitrogen and oxygen atoms in total. The maximum atomic E-state index is 12.4. The molecule has 3 fully saturated rings. The van der Waals surface area contributed by atoms with Crippen LogP contribution in [-0.2, 0) is 14.3 Å². The van der Waals surface area contributed by atoms with Gasteiger partial charge in [-0.15, -0.1) is 0 Å². The number of ether oxygens (including phenoxy) is 2. The number of nitrogens with zero attached hydrogens (tertiary/aromatic N) is 1. The van der Waals surface area contributed by atoms with E-state index in [1.54, 1.807) is 0 Å². The zero-order valence-corrected chi connectivity index (χ0v) is 11.5. The quantitative estimate of drug-likeness (QED) is 0.724. The first kappa shape index (κ1) is 12.8. The van der Waals surface area contributed by atoms with E-state index in [1.807, 2.05) is 16.7 Å². The molecule has 0 aromatic heterocycles. The van der Waals surface area contributed by atoms with Crippen molar-refractivity contribution in [1.82, 2.24) is 4.90 Å². The van der Waals surface area contributed by atoms with Crippen molar-refractivity contribution in [2.24, 2.45) is 5.92 Å². The lowest BCUT2D eigenvalue weighted by Crippen LogP contribution is -2.49. The molecule has 3 saturated heterocycles. The summed E-state index contributed by atoms with van der Waals surface area (Å²) in [5, 5.41) is 0. The summed E-state index contributed by atoms with van der Waals surface area (Å²) in [5.41, 5.74) is 0. The highest BCUT2D eigenvalue weighted by molar-refractivity contribution is 7.99. The monoisotopic (exact) mass is 271 g/mol. The minimum Gasteiger partial charge on any atom is -0.347 e. The summed E-state index contributed by atoms with van der Waals surface area (Å²) in [6.45, 7) is 2.99. The van der Waals surface area contributed by atoms with Crippen LogP contribution in [-0.4, -0.2) is 54.4 Å². The van der Waals surface area contributed by atoms with Gasteiger partial charge in [0.05, 0.1) is 13.2 Å². The predicted molar refractivity (Wildman–Crippen MR) is 70.5 cm³/mol. The Labute approximate surface area is 112 Å². The summed E-state index contributed by atoms with van der Waals surface area (Å²) in [6.07, 6.45) is 3.92. The first-order chi connectivity index (χ1) is 8.79. The van der Waals surface area contributed by atoms with Gasteiger partial charge in [0.2, 0.25) is 5.91 Å². The van der Waals surface area contributed by atoms with Crippen molar-refractivity contribution in [2.45, 2.75) is 31.5 Å². The van der Waals surface area contributed by atoms with Crippen molar-refractivity contribution in [3.63, 3.8) is 0 Å². The van der Waals surface area contributed by atoms with Gasteiger partial charge in [0.1, 0.15) is 0 Å². The van der Waals surface area contributed by atoms with Crippen LogP contribution in [0.3, 0.4) is 0 Å². The van der Waals surface area contributed by atoms with Crippen molar-refractivity contribution in [1.29, 1.82) is 0 Å². The van der Waals surface area contributed by atoms with Gasteiger partial charge in [-0.2, -0.15) is 11.8 Å². The van der Waals surface area contributed by atoms with Gasteiger partial charge in [0.15, 0.2) is 5.79 Å². The maximum Gasteiger partial charge on any atom is 0.226 e. The third-order valence-electron chi connectivity index (χ3n) is 4.16. The summed E-state index contributed by atoms with van der Waals surface area (Å²) in [4.78, 5) is 14.4. The highest BCUT2D eigenvalue weighted by Crippen LogP contribution is 2.32. The van der Waals surface area contributed by atoms with E-state index in [-0.39, 0.29) is 11.7 Å². The van der Waals surface area contributed by atoms with E-state index in [0.29, 0.717) is 19.1 Å². The highest BCUT2D eigenvalue weighted by Gasteiger charge is 2.41. The fraction of sp³-hybridized carbons (Fsp3) is 0.923. The third-order valence-corrected chi connectivity index (χ3v) is 5.38. The average molecular weight is 271 g/mol. The van der Waals surface area contributed by atoms with E-state index in [9.17, 15) is 4.79 Å². The molecule has 5 heteroatoms. The molecule has 1 atom stereocenters. The van der Waals surface area contributed by atoms with Crippen LogP contribution in [0.2, 0.25) is 0 Å². The van der Waals surface area contributed by atoms with Crippen LogP contribution >= 0.6 is 11.8 Å². The smallest absolute Gasteiger partial charge is 0.226 e. The second kappa shape index (κ2) is 5.39. The van der Waals surface area contributed by atoms with Gasteiger partial charge in [-0.25, -0.2) is 0 Å². The van der Waals surface area contributed by atoms with Crippen LogP contribution in [0, 0.1) is 5.92 Å². The van der Waals surface area contributed by atoms with E-state index in [0.717, 1.165) is 38.1 Å². The lowest BCUT2D eigenvalue weighted by atomic mass is 9.99. The molecule has 1 amide bonds. The largest absolute Gasteiger partial charge is 0.347 e. The fourth-order valence-corrected chi connectivity index (χ4v) is 4.18. The van der Waals surface area contributed by atoms with Crippen molar-refractivity contribution in [3.8, 4) is 0 Å².